The molecule has 8 heteroatoms. The fraction of sp³-hybridized carbons (Fsp3) is 0.600. The average Bonchev–Trinajstić information content (AvgIpc) is 3.26. The van der Waals surface area contributed by atoms with Crippen LogP contribution in [-0.4, -0.2) is 48.9 Å². The van der Waals surface area contributed by atoms with Crippen LogP contribution in [0.15, 0.2) is 29.9 Å². The molecule has 0 bridgehead atoms. The highest BCUT2D eigenvalue weighted by Gasteiger charge is 2.27. The summed E-state index contributed by atoms with van der Waals surface area (Å²) in [6.45, 7) is 4.19. The van der Waals surface area contributed by atoms with Gasteiger partial charge in [0, 0.05) is 26.1 Å². The van der Waals surface area contributed by atoms with Crippen molar-refractivity contribution in [3.05, 3.63) is 29.9 Å². The van der Waals surface area contributed by atoms with Crippen LogP contribution >= 0.6 is 0 Å². The molecule has 8 nitrogen and oxygen atoms in total. The monoisotopic (exact) mass is 386 g/mol. The van der Waals surface area contributed by atoms with Crippen molar-refractivity contribution in [2.75, 3.05) is 42.4 Å². The second kappa shape index (κ2) is 8.68. The minimum atomic E-state index is 0.0767. The zero-order chi connectivity index (χ0) is 19.3. The Hall–Kier alpha value is -2.48. The van der Waals surface area contributed by atoms with Crippen LogP contribution in [0.1, 0.15) is 39.0 Å². The van der Waals surface area contributed by atoms with Gasteiger partial charge in [0.2, 0.25) is 5.95 Å². The van der Waals surface area contributed by atoms with Crippen molar-refractivity contribution in [1.29, 1.82) is 0 Å². The second-order valence-electron chi connectivity index (χ2n) is 7.30. The van der Waals surface area contributed by atoms with Crippen LogP contribution in [0.25, 0.3) is 0 Å². The van der Waals surface area contributed by atoms with Gasteiger partial charge in [-0.2, -0.15) is 4.98 Å². The molecule has 0 aromatic carbocycles. The summed E-state index contributed by atoms with van der Waals surface area (Å²) in [6, 6.07) is 0.540. The molecule has 1 unspecified atom stereocenters. The molecule has 1 saturated carbocycles. The first-order valence-corrected chi connectivity index (χ1v) is 10.3. The van der Waals surface area contributed by atoms with Crippen LogP contribution in [0.4, 0.5) is 17.5 Å². The summed E-state index contributed by atoms with van der Waals surface area (Å²) in [7, 11) is 1.91. The van der Waals surface area contributed by atoms with Crippen molar-refractivity contribution in [2.45, 2.75) is 51.1 Å². The maximum atomic E-state index is 5.74. The summed E-state index contributed by atoms with van der Waals surface area (Å²) in [5, 5.41) is 8.89. The van der Waals surface area contributed by atoms with E-state index < -0.39 is 0 Å². The summed E-state index contributed by atoms with van der Waals surface area (Å²) < 4.78 is 11.4. The Labute approximate surface area is 166 Å². The highest BCUT2D eigenvalue weighted by molar-refractivity contribution is 5.66. The van der Waals surface area contributed by atoms with Crippen LogP contribution in [0.5, 0.6) is 0 Å². The smallest absolute Gasteiger partial charge is 0.225 e. The molecule has 28 heavy (non-hydrogen) atoms. The van der Waals surface area contributed by atoms with E-state index in [1.54, 1.807) is 0 Å². The number of anilines is 3. The third kappa shape index (κ3) is 4.01. The summed E-state index contributed by atoms with van der Waals surface area (Å²) in [5.74, 6) is 3.26. The lowest BCUT2D eigenvalue weighted by molar-refractivity contribution is 0.0623. The molecule has 1 aliphatic heterocycles. The van der Waals surface area contributed by atoms with Gasteiger partial charge in [-0.15, -0.1) is 0 Å². The van der Waals surface area contributed by atoms with Crippen LogP contribution < -0.4 is 21.1 Å². The standard InChI is InChI=1S/C20H30N6O2/c1-3-23-26(15-6-4-5-7-15)19-16(21-2)13-22-20(25-19)24-14-8-9-17-18(12-14)28-11-10-27-17/h8-9,13-15,21,23H,3-7,10-12H2,1-2H3,(H,22,24,25). The van der Waals surface area contributed by atoms with Crippen LogP contribution in [0, 0.1) is 0 Å². The van der Waals surface area contributed by atoms with Crippen molar-refractivity contribution in [1.82, 2.24) is 15.4 Å². The Kier molecular flexibility index (Phi) is 5.85. The molecule has 3 aliphatic rings. The van der Waals surface area contributed by atoms with E-state index in [-0.39, 0.29) is 6.04 Å². The highest BCUT2D eigenvalue weighted by Crippen LogP contribution is 2.31. The van der Waals surface area contributed by atoms with Gasteiger partial charge in [-0.05, 0) is 18.9 Å². The number of hydrogen-bond donors (Lipinski definition) is 3. The maximum Gasteiger partial charge on any atom is 0.225 e. The number of ether oxygens (including phenoxy) is 2. The predicted octanol–water partition coefficient (Wildman–Crippen LogP) is 2.79. The van der Waals surface area contributed by atoms with Gasteiger partial charge in [0.25, 0.3) is 0 Å². The zero-order valence-corrected chi connectivity index (χ0v) is 16.7. The van der Waals surface area contributed by atoms with Gasteiger partial charge >= 0.3 is 0 Å². The third-order valence-corrected chi connectivity index (χ3v) is 5.38. The van der Waals surface area contributed by atoms with E-state index in [2.05, 4.69) is 39.1 Å². The van der Waals surface area contributed by atoms with Gasteiger partial charge in [-0.1, -0.05) is 25.8 Å². The molecule has 152 valence electrons. The number of nitrogens with one attached hydrogen (secondary N) is 3. The molecule has 4 rings (SSSR count). The normalized spacial score (nSPS) is 21.7. The SMILES string of the molecule is CCNN(c1nc(NC2C=CC3=C(C2)OCCO3)ncc1NC)C1CCCC1. The van der Waals surface area contributed by atoms with Gasteiger partial charge in [-0.25, -0.2) is 10.4 Å². The molecule has 3 N–H and O–H groups in total. The number of nitrogens with zero attached hydrogens (tertiary/aromatic N) is 3. The topological polar surface area (TPSA) is 83.6 Å². The zero-order valence-electron chi connectivity index (χ0n) is 16.7. The Morgan fingerprint density at radius 1 is 1.21 bits per heavy atom. The minimum absolute atomic E-state index is 0.0767. The first kappa shape index (κ1) is 18.9. The number of hydrogen-bond acceptors (Lipinski definition) is 8. The quantitative estimate of drug-likeness (QED) is 0.617. The minimum Gasteiger partial charge on any atom is -0.490 e. The first-order valence-electron chi connectivity index (χ1n) is 10.3. The summed E-state index contributed by atoms with van der Waals surface area (Å²) >= 11 is 0. The van der Waals surface area contributed by atoms with Crippen LogP contribution in [0.3, 0.4) is 0 Å². The Morgan fingerprint density at radius 2 is 2.04 bits per heavy atom. The molecule has 1 fully saturated rings. The number of rotatable bonds is 7. The average molecular weight is 387 g/mol. The molecule has 1 aromatic heterocycles. The van der Waals surface area contributed by atoms with Gasteiger partial charge in [-0.3, -0.25) is 5.01 Å². The van der Waals surface area contributed by atoms with E-state index in [0.717, 1.165) is 36.0 Å². The summed E-state index contributed by atoms with van der Waals surface area (Å²) in [6.07, 6.45) is 11.5. The van der Waals surface area contributed by atoms with Crippen molar-refractivity contribution in [2.24, 2.45) is 0 Å². The van der Waals surface area contributed by atoms with Gasteiger partial charge in [0.1, 0.15) is 19.0 Å². The highest BCUT2D eigenvalue weighted by atomic mass is 16.6. The maximum absolute atomic E-state index is 5.74. The van der Waals surface area contributed by atoms with E-state index in [9.17, 15) is 0 Å². The molecule has 0 spiro atoms. The molecule has 0 saturated heterocycles. The molecule has 1 atom stereocenters. The van der Waals surface area contributed by atoms with E-state index in [1.807, 2.05) is 19.3 Å². The summed E-state index contributed by atoms with van der Waals surface area (Å²) in [5.41, 5.74) is 4.42. The van der Waals surface area contributed by atoms with Crippen molar-refractivity contribution >= 4 is 17.5 Å². The Bertz CT molecular complexity index is 744. The lowest BCUT2D eigenvalue weighted by Gasteiger charge is -2.32. The Morgan fingerprint density at radius 3 is 2.82 bits per heavy atom. The number of allylic oxidation sites excluding steroid dienone is 1. The van der Waals surface area contributed by atoms with E-state index in [4.69, 9.17) is 14.5 Å². The molecular weight excluding hydrogens is 356 g/mol. The van der Waals surface area contributed by atoms with Crippen molar-refractivity contribution in [3.63, 3.8) is 0 Å². The van der Waals surface area contributed by atoms with Crippen molar-refractivity contribution < 1.29 is 9.47 Å². The molecule has 0 amide bonds. The van der Waals surface area contributed by atoms with Gasteiger partial charge < -0.3 is 20.1 Å². The second-order valence-corrected chi connectivity index (χ2v) is 7.30. The van der Waals surface area contributed by atoms with Crippen molar-refractivity contribution in [3.8, 4) is 0 Å². The van der Waals surface area contributed by atoms with Crippen LogP contribution in [0.2, 0.25) is 0 Å². The van der Waals surface area contributed by atoms with Crippen LogP contribution in [-0.2, 0) is 9.47 Å². The molecule has 1 aromatic rings. The lowest BCUT2D eigenvalue weighted by Crippen LogP contribution is -2.45. The van der Waals surface area contributed by atoms with E-state index in [0.29, 0.717) is 25.2 Å². The van der Waals surface area contributed by atoms with Gasteiger partial charge in [0.05, 0.1) is 17.9 Å². The molecule has 2 aliphatic carbocycles. The molecule has 2 heterocycles. The molecular formula is C20H30N6O2. The van der Waals surface area contributed by atoms with E-state index in [1.165, 1.54) is 25.7 Å². The Balaban J connectivity index is 1.53. The fourth-order valence-electron chi connectivity index (χ4n) is 4.02. The van der Waals surface area contributed by atoms with Gasteiger partial charge in [0.15, 0.2) is 11.6 Å². The largest absolute Gasteiger partial charge is 0.490 e. The van der Waals surface area contributed by atoms with E-state index >= 15 is 0 Å². The molecule has 0 radical (unpaired) electrons. The third-order valence-electron chi connectivity index (χ3n) is 5.38. The predicted molar refractivity (Wildman–Crippen MR) is 110 cm³/mol. The number of hydrazine groups is 1. The fourth-order valence-corrected chi connectivity index (χ4v) is 4.02. The first-order chi connectivity index (χ1) is 13.8. The summed E-state index contributed by atoms with van der Waals surface area (Å²) in [4.78, 5) is 9.38. The lowest BCUT2D eigenvalue weighted by atomic mass is 10.1. The number of aromatic nitrogens is 2.